The lowest BCUT2D eigenvalue weighted by Gasteiger charge is -2.21. The van der Waals surface area contributed by atoms with Crippen molar-refractivity contribution in [3.63, 3.8) is 0 Å². The molecule has 1 fully saturated rings. The average molecular weight is 282 g/mol. The third-order valence-electron chi connectivity index (χ3n) is 1.78. The standard InChI is InChI=1S/C9H15IO2/c1-8(10)5-7-12-9-4-2-3-6-11-9/h5,9H,2-4,6-7H2,1H3/b8-5-/t9-/m1/s1. The Morgan fingerprint density at radius 1 is 1.67 bits per heavy atom. The Bertz CT molecular complexity index is 147. The summed E-state index contributed by atoms with van der Waals surface area (Å²) in [6.45, 7) is 3.60. The molecule has 0 spiro atoms. The zero-order valence-corrected chi connectivity index (χ0v) is 9.54. The van der Waals surface area contributed by atoms with Gasteiger partial charge in [0.15, 0.2) is 6.29 Å². The first-order valence-corrected chi connectivity index (χ1v) is 5.42. The van der Waals surface area contributed by atoms with Crippen molar-refractivity contribution in [2.24, 2.45) is 0 Å². The van der Waals surface area contributed by atoms with E-state index in [0.29, 0.717) is 6.61 Å². The van der Waals surface area contributed by atoms with Crippen LogP contribution in [0.15, 0.2) is 9.66 Å². The fraction of sp³-hybridized carbons (Fsp3) is 0.778. The van der Waals surface area contributed by atoms with Gasteiger partial charge in [0.05, 0.1) is 6.61 Å². The van der Waals surface area contributed by atoms with Crippen molar-refractivity contribution in [1.29, 1.82) is 0 Å². The Morgan fingerprint density at radius 2 is 2.50 bits per heavy atom. The zero-order chi connectivity index (χ0) is 8.81. The monoisotopic (exact) mass is 282 g/mol. The number of ether oxygens (including phenoxy) is 2. The topological polar surface area (TPSA) is 18.5 Å². The molecule has 0 unspecified atom stereocenters. The van der Waals surface area contributed by atoms with Crippen LogP contribution in [-0.2, 0) is 9.47 Å². The van der Waals surface area contributed by atoms with Crippen LogP contribution in [0.2, 0.25) is 0 Å². The fourth-order valence-electron chi connectivity index (χ4n) is 1.11. The first-order valence-electron chi connectivity index (χ1n) is 4.34. The molecule has 12 heavy (non-hydrogen) atoms. The summed E-state index contributed by atoms with van der Waals surface area (Å²) >= 11 is 2.28. The van der Waals surface area contributed by atoms with Crippen molar-refractivity contribution in [1.82, 2.24) is 0 Å². The molecule has 1 rings (SSSR count). The van der Waals surface area contributed by atoms with Gasteiger partial charge in [0.25, 0.3) is 0 Å². The lowest BCUT2D eigenvalue weighted by atomic mass is 10.2. The van der Waals surface area contributed by atoms with E-state index in [1.54, 1.807) is 0 Å². The third kappa shape index (κ3) is 4.42. The SMILES string of the molecule is C/C(I)=C/CO[C@@H]1CCCCO1. The highest BCUT2D eigenvalue weighted by molar-refractivity contribution is 14.1. The van der Waals surface area contributed by atoms with Crippen molar-refractivity contribution in [2.75, 3.05) is 13.2 Å². The van der Waals surface area contributed by atoms with Gasteiger partial charge < -0.3 is 9.47 Å². The number of rotatable bonds is 3. The molecule has 3 heteroatoms. The number of allylic oxidation sites excluding steroid dienone is 1. The maximum absolute atomic E-state index is 5.49. The van der Waals surface area contributed by atoms with E-state index in [1.807, 2.05) is 0 Å². The van der Waals surface area contributed by atoms with Gasteiger partial charge in [0, 0.05) is 6.61 Å². The van der Waals surface area contributed by atoms with Crippen LogP contribution in [-0.4, -0.2) is 19.5 Å². The van der Waals surface area contributed by atoms with Crippen LogP contribution >= 0.6 is 22.6 Å². The van der Waals surface area contributed by atoms with Crippen LogP contribution in [0.3, 0.4) is 0 Å². The van der Waals surface area contributed by atoms with Crippen molar-refractivity contribution in [3.05, 3.63) is 9.66 Å². The summed E-state index contributed by atoms with van der Waals surface area (Å²) in [6, 6.07) is 0. The van der Waals surface area contributed by atoms with E-state index in [9.17, 15) is 0 Å². The average Bonchev–Trinajstić information content (AvgIpc) is 2.05. The second kappa shape index (κ2) is 5.94. The van der Waals surface area contributed by atoms with Gasteiger partial charge in [0.1, 0.15) is 0 Å². The first kappa shape index (κ1) is 10.5. The molecule has 1 heterocycles. The summed E-state index contributed by atoms with van der Waals surface area (Å²) in [7, 11) is 0. The van der Waals surface area contributed by atoms with Crippen molar-refractivity contribution in [2.45, 2.75) is 32.5 Å². The van der Waals surface area contributed by atoms with Crippen LogP contribution < -0.4 is 0 Å². The molecule has 70 valence electrons. The molecule has 2 nitrogen and oxygen atoms in total. The molecule has 1 saturated heterocycles. The lowest BCUT2D eigenvalue weighted by molar-refractivity contribution is -0.155. The summed E-state index contributed by atoms with van der Waals surface area (Å²) in [6.07, 6.45) is 5.58. The molecule has 0 bridgehead atoms. The van der Waals surface area contributed by atoms with Crippen LogP contribution in [0.25, 0.3) is 0 Å². The van der Waals surface area contributed by atoms with Crippen LogP contribution in [0, 0.1) is 0 Å². The molecule has 1 aliphatic rings. The molecule has 1 aliphatic heterocycles. The van der Waals surface area contributed by atoms with Crippen LogP contribution in [0.4, 0.5) is 0 Å². The molecule has 0 aromatic carbocycles. The predicted octanol–water partition coefficient (Wildman–Crippen LogP) is 2.87. The number of hydrogen-bond donors (Lipinski definition) is 0. The molecule has 0 amide bonds. The maximum Gasteiger partial charge on any atom is 0.157 e. The van der Waals surface area contributed by atoms with Gasteiger partial charge in [0.2, 0.25) is 0 Å². The van der Waals surface area contributed by atoms with Gasteiger partial charge in [-0.25, -0.2) is 0 Å². The van der Waals surface area contributed by atoms with E-state index in [-0.39, 0.29) is 6.29 Å². The minimum atomic E-state index is 0.0470. The number of hydrogen-bond acceptors (Lipinski definition) is 2. The Balaban J connectivity index is 2.09. The van der Waals surface area contributed by atoms with Crippen molar-refractivity contribution in [3.8, 4) is 0 Å². The Morgan fingerprint density at radius 3 is 3.08 bits per heavy atom. The molecule has 0 saturated carbocycles. The van der Waals surface area contributed by atoms with E-state index in [2.05, 4.69) is 35.6 Å². The minimum absolute atomic E-state index is 0.0470. The number of halogens is 1. The lowest BCUT2D eigenvalue weighted by Crippen LogP contribution is -2.22. The quantitative estimate of drug-likeness (QED) is 0.741. The van der Waals surface area contributed by atoms with Gasteiger partial charge in [-0.05, 0) is 58.4 Å². The molecule has 1 atom stereocenters. The Hall–Kier alpha value is 0.390. The summed E-state index contributed by atoms with van der Waals surface area (Å²) in [5.74, 6) is 0. The van der Waals surface area contributed by atoms with Gasteiger partial charge in [-0.2, -0.15) is 0 Å². The smallest absolute Gasteiger partial charge is 0.157 e. The molecular weight excluding hydrogens is 267 g/mol. The molecule has 0 aliphatic carbocycles. The van der Waals surface area contributed by atoms with E-state index < -0.39 is 0 Å². The van der Waals surface area contributed by atoms with E-state index >= 15 is 0 Å². The summed E-state index contributed by atoms with van der Waals surface area (Å²) < 4.78 is 12.2. The molecule has 0 aromatic rings. The summed E-state index contributed by atoms with van der Waals surface area (Å²) in [5, 5.41) is 0. The third-order valence-corrected chi connectivity index (χ3v) is 2.23. The second-order valence-corrected chi connectivity index (χ2v) is 4.62. The van der Waals surface area contributed by atoms with Gasteiger partial charge in [-0.3, -0.25) is 0 Å². The van der Waals surface area contributed by atoms with Gasteiger partial charge in [-0.15, -0.1) is 0 Å². The Labute approximate surface area is 87.5 Å². The van der Waals surface area contributed by atoms with Crippen LogP contribution in [0.5, 0.6) is 0 Å². The van der Waals surface area contributed by atoms with Gasteiger partial charge >= 0.3 is 0 Å². The van der Waals surface area contributed by atoms with E-state index in [0.717, 1.165) is 13.0 Å². The largest absolute Gasteiger partial charge is 0.353 e. The second-order valence-electron chi connectivity index (χ2n) is 2.92. The molecule has 0 radical (unpaired) electrons. The van der Waals surface area contributed by atoms with Crippen molar-refractivity contribution >= 4 is 22.6 Å². The zero-order valence-electron chi connectivity index (χ0n) is 7.38. The summed E-state index contributed by atoms with van der Waals surface area (Å²) in [4.78, 5) is 0. The van der Waals surface area contributed by atoms with Gasteiger partial charge in [-0.1, -0.05) is 0 Å². The first-order chi connectivity index (χ1) is 5.79. The molecule has 0 N–H and O–H groups in total. The fourth-order valence-corrected chi connectivity index (χ4v) is 1.29. The normalized spacial score (nSPS) is 25.8. The molecular formula is C9H15IO2. The highest BCUT2D eigenvalue weighted by Gasteiger charge is 2.12. The highest BCUT2D eigenvalue weighted by Crippen LogP contribution is 2.13. The Kier molecular flexibility index (Phi) is 5.18. The molecule has 0 aromatic heterocycles. The minimum Gasteiger partial charge on any atom is -0.353 e. The van der Waals surface area contributed by atoms with E-state index in [1.165, 1.54) is 16.4 Å². The van der Waals surface area contributed by atoms with Crippen molar-refractivity contribution < 1.29 is 9.47 Å². The highest BCUT2D eigenvalue weighted by atomic mass is 127. The van der Waals surface area contributed by atoms with E-state index in [4.69, 9.17) is 9.47 Å². The predicted molar refractivity (Wildman–Crippen MR) is 57.3 cm³/mol. The van der Waals surface area contributed by atoms with Crippen LogP contribution in [0.1, 0.15) is 26.2 Å². The maximum atomic E-state index is 5.49. The summed E-state index contributed by atoms with van der Waals surface area (Å²) in [5.41, 5.74) is 0.